The summed E-state index contributed by atoms with van der Waals surface area (Å²) in [6.45, 7) is 5.87. The predicted octanol–water partition coefficient (Wildman–Crippen LogP) is 6.00. The van der Waals surface area contributed by atoms with E-state index in [0.717, 1.165) is 26.7 Å². The molecule has 31 heavy (non-hydrogen) atoms. The summed E-state index contributed by atoms with van der Waals surface area (Å²) in [6.07, 6.45) is 0. The Morgan fingerprint density at radius 1 is 0.871 bits per heavy atom. The van der Waals surface area contributed by atoms with E-state index < -0.39 is 17.7 Å². The molecule has 0 bridgehead atoms. The van der Waals surface area contributed by atoms with Crippen LogP contribution in [0.25, 0.3) is 5.76 Å². The Hall–Kier alpha value is -3.18. The Morgan fingerprint density at radius 3 is 2.23 bits per heavy atom. The summed E-state index contributed by atoms with van der Waals surface area (Å²) < 4.78 is 0.902. The molecule has 1 fully saturated rings. The van der Waals surface area contributed by atoms with Crippen molar-refractivity contribution in [3.05, 3.63) is 105 Å². The van der Waals surface area contributed by atoms with Crippen LogP contribution >= 0.6 is 15.9 Å². The molecular formula is C26H22BrNO3. The lowest BCUT2D eigenvalue weighted by molar-refractivity contribution is -0.132. The summed E-state index contributed by atoms with van der Waals surface area (Å²) in [5.41, 5.74) is 5.02. The van der Waals surface area contributed by atoms with E-state index in [-0.39, 0.29) is 11.3 Å². The van der Waals surface area contributed by atoms with Gasteiger partial charge in [-0.3, -0.25) is 14.5 Å². The normalized spacial score (nSPS) is 17.9. The third-order valence-electron chi connectivity index (χ3n) is 5.76. The summed E-state index contributed by atoms with van der Waals surface area (Å²) in [7, 11) is 0. The first-order valence-corrected chi connectivity index (χ1v) is 10.8. The van der Waals surface area contributed by atoms with E-state index in [1.54, 1.807) is 12.1 Å². The molecule has 4 nitrogen and oxygen atoms in total. The number of rotatable bonds is 3. The molecule has 1 aliphatic heterocycles. The number of ketones is 1. The third kappa shape index (κ3) is 3.70. The van der Waals surface area contributed by atoms with Crippen LogP contribution in [0.2, 0.25) is 0 Å². The van der Waals surface area contributed by atoms with Gasteiger partial charge in [0.2, 0.25) is 0 Å². The monoisotopic (exact) mass is 475 g/mol. The summed E-state index contributed by atoms with van der Waals surface area (Å²) >= 11 is 3.46. The molecule has 1 unspecified atom stereocenters. The minimum absolute atomic E-state index is 0.0937. The topological polar surface area (TPSA) is 57.6 Å². The second-order valence-corrected chi connectivity index (χ2v) is 8.67. The molecule has 1 amide bonds. The molecule has 1 N–H and O–H groups in total. The molecule has 0 spiro atoms. The van der Waals surface area contributed by atoms with Crippen LogP contribution < -0.4 is 4.90 Å². The number of halogens is 1. The van der Waals surface area contributed by atoms with Crippen molar-refractivity contribution < 1.29 is 14.7 Å². The van der Waals surface area contributed by atoms with Crippen molar-refractivity contribution in [1.82, 2.24) is 0 Å². The second kappa shape index (κ2) is 8.16. The number of amides is 1. The molecule has 1 heterocycles. The molecule has 1 aliphatic rings. The lowest BCUT2D eigenvalue weighted by atomic mass is 9.94. The fraction of sp³-hybridized carbons (Fsp3) is 0.154. The van der Waals surface area contributed by atoms with E-state index in [1.165, 1.54) is 4.90 Å². The molecule has 5 heteroatoms. The molecule has 0 aromatic heterocycles. The molecule has 156 valence electrons. The van der Waals surface area contributed by atoms with Gasteiger partial charge in [-0.15, -0.1) is 0 Å². The SMILES string of the molecule is Cc1ccc(N2C(=O)C(=O)/C(=C(/O)c3ccc(Br)c(C)c3)C2c2ccccc2)cc1C. The molecule has 0 saturated carbocycles. The number of nitrogens with zero attached hydrogens (tertiary/aromatic N) is 1. The van der Waals surface area contributed by atoms with Gasteiger partial charge in [0.1, 0.15) is 5.76 Å². The largest absolute Gasteiger partial charge is 0.507 e. The summed E-state index contributed by atoms with van der Waals surface area (Å²) in [6, 6.07) is 19.6. The van der Waals surface area contributed by atoms with Crippen molar-refractivity contribution >= 4 is 39.1 Å². The van der Waals surface area contributed by atoms with Crippen LogP contribution in [0.4, 0.5) is 5.69 Å². The number of anilines is 1. The van der Waals surface area contributed by atoms with Gasteiger partial charge in [0, 0.05) is 15.7 Å². The fourth-order valence-electron chi connectivity index (χ4n) is 3.87. The van der Waals surface area contributed by atoms with E-state index in [2.05, 4.69) is 15.9 Å². The molecular weight excluding hydrogens is 454 g/mol. The minimum Gasteiger partial charge on any atom is -0.507 e. The van der Waals surface area contributed by atoms with E-state index in [1.807, 2.05) is 75.4 Å². The zero-order chi connectivity index (χ0) is 22.3. The molecule has 1 atom stereocenters. The number of Topliss-reactive ketones (excluding diaryl/α,β-unsaturated/α-hetero) is 1. The molecule has 1 saturated heterocycles. The smallest absolute Gasteiger partial charge is 0.300 e. The summed E-state index contributed by atoms with van der Waals surface area (Å²) in [4.78, 5) is 27.8. The zero-order valence-corrected chi connectivity index (χ0v) is 19.1. The van der Waals surface area contributed by atoms with Gasteiger partial charge >= 0.3 is 0 Å². The lowest BCUT2D eigenvalue weighted by Gasteiger charge is -2.26. The van der Waals surface area contributed by atoms with Gasteiger partial charge in [0.05, 0.1) is 11.6 Å². The maximum Gasteiger partial charge on any atom is 0.300 e. The quantitative estimate of drug-likeness (QED) is 0.287. The van der Waals surface area contributed by atoms with Gasteiger partial charge in [-0.05, 0) is 67.3 Å². The van der Waals surface area contributed by atoms with Gasteiger partial charge in [-0.2, -0.15) is 0 Å². The average molecular weight is 476 g/mol. The van der Waals surface area contributed by atoms with E-state index in [9.17, 15) is 14.7 Å². The van der Waals surface area contributed by atoms with Crippen LogP contribution in [0.1, 0.15) is 33.9 Å². The van der Waals surface area contributed by atoms with Crippen LogP contribution in [-0.4, -0.2) is 16.8 Å². The number of aryl methyl sites for hydroxylation is 3. The Labute approximate surface area is 190 Å². The fourth-order valence-corrected chi connectivity index (χ4v) is 4.12. The van der Waals surface area contributed by atoms with Gasteiger partial charge in [0.25, 0.3) is 11.7 Å². The van der Waals surface area contributed by atoms with Crippen LogP contribution in [0.15, 0.2) is 76.8 Å². The van der Waals surface area contributed by atoms with Crippen LogP contribution in [-0.2, 0) is 9.59 Å². The van der Waals surface area contributed by atoms with Crippen molar-refractivity contribution in [2.75, 3.05) is 4.90 Å². The van der Waals surface area contributed by atoms with Crippen LogP contribution in [0.5, 0.6) is 0 Å². The Kier molecular flexibility index (Phi) is 5.54. The number of hydrogen-bond acceptors (Lipinski definition) is 3. The molecule has 0 aliphatic carbocycles. The lowest BCUT2D eigenvalue weighted by Crippen LogP contribution is -2.29. The first-order chi connectivity index (χ1) is 14.8. The van der Waals surface area contributed by atoms with Gasteiger partial charge < -0.3 is 5.11 Å². The molecule has 3 aromatic rings. The van der Waals surface area contributed by atoms with E-state index in [4.69, 9.17) is 0 Å². The Morgan fingerprint density at radius 2 is 1.58 bits per heavy atom. The number of hydrogen-bond donors (Lipinski definition) is 1. The molecule has 3 aromatic carbocycles. The average Bonchev–Trinajstić information content (AvgIpc) is 3.03. The molecule has 0 radical (unpaired) electrons. The van der Waals surface area contributed by atoms with Gasteiger partial charge in [-0.25, -0.2) is 0 Å². The van der Waals surface area contributed by atoms with Crippen LogP contribution in [0, 0.1) is 20.8 Å². The van der Waals surface area contributed by atoms with Crippen molar-refractivity contribution in [1.29, 1.82) is 0 Å². The van der Waals surface area contributed by atoms with E-state index >= 15 is 0 Å². The van der Waals surface area contributed by atoms with Crippen molar-refractivity contribution in [2.45, 2.75) is 26.8 Å². The van der Waals surface area contributed by atoms with Crippen molar-refractivity contribution in [3.63, 3.8) is 0 Å². The predicted molar refractivity (Wildman–Crippen MR) is 126 cm³/mol. The van der Waals surface area contributed by atoms with Crippen LogP contribution in [0.3, 0.4) is 0 Å². The molecule has 4 rings (SSSR count). The zero-order valence-electron chi connectivity index (χ0n) is 17.5. The first kappa shape index (κ1) is 21.1. The maximum absolute atomic E-state index is 13.2. The van der Waals surface area contributed by atoms with Crippen molar-refractivity contribution in [2.24, 2.45) is 0 Å². The maximum atomic E-state index is 13.2. The number of carbonyl (C=O) groups excluding carboxylic acids is 2. The number of carbonyl (C=O) groups is 2. The van der Waals surface area contributed by atoms with Gasteiger partial charge in [0.15, 0.2) is 0 Å². The number of aliphatic hydroxyl groups excluding tert-OH is 1. The number of benzene rings is 3. The van der Waals surface area contributed by atoms with Gasteiger partial charge in [-0.1, -0.05) is 58.4 Å². The highest BCUT2D eigenvalue weighted by Gasteiger charge is 2.46. The summed E-state index contributed by atoms with van der Waals surface area (Å²) in [5.74, 6) is -1.51. The summed E-state index contributed by atoms with van der Waals surface area (Å²) in [5, 5.41) is 11.2. The standard InChI is InChI=1S/C26H22BrNO3/c1-15-9-11-20(14-16(15)2)28-23(18-7-5-4-6-8-18)22(25(30)26(28)31)24(29)19-10-12-21(27)17(3)13-19/h4-14,23,29H,1-3H3/b24-22+. The highest BCUT2D eigenvalue weighted by Crippen LogP contribution is 2.42. The highest BCUT2D eigenvalue weighted by atomic mass is 79.9. The third-order valence-corrected chi connectivity index (χ3v) is 6.65. The number of aliphatic hydroxyl groups is 1. The first-order valence-electron chi connectivity index (χ1n) is 9.99. The van der Waals surface area contributed by atoms with Crippen molar-refractivity contribution in [3.8, 4) is 0 Å². The van der Waals surface area contributed by atoms with E-state index in [0.29, 0.717) is 11.3 Å². The second-order valence-electron chi connectivity index (χ2n) is 7.81. The Balaban J connectivity index is 1.95. The highest BCUT2D eigenvalue weighted by molar-refractivity contribution is 9.10. The minimum atomic E-state index is -0.716. The Bertz CT molecular complexity index is 1230.